The van der Waals surface area contributed by atoms with E-state index in [1.165, 1.54) is 32.1 Å². The fourth-order valence-electron chi connectivity index (χ4n) is 0.892. The van der Waals surface area contributed by atoms with Crippen LogP contribution in [0.25, 0.3) is 0 Å². The van der Waals surface area contributed by atoms with Crippen LogP contribution in [0.2, 0.25) is 0 Å². The van der Waals surface area contributed by atoms with Gasteiger partial charge in [0.1, 0.15) is 0 Å². The first-order valence-corrected chi connectivity index (χ1v) is 6.02. The maximum absolute atomic E-state index is 8.52. The van der Waals surface area contributed by atoms with Crippen molar-refractivity contribution in [3.05, 3.63) is 0 Å². The molecule has 0 radical (unpaired) electrons. The maximum atomic E-state index is 8.52. The summed E-state index contributed by atoms with van der Waals surface area (Å²) >= 11 is 0. The van der Waals surface area contributed by atoms with Crippen molar-refractivity contribution in [2.45, 2.75) is 45.4 Å². The van der Waals surface area contributed by atoms with Crippen molar-refractivity contribution in [3.63, 3.8) is 0 Å². The number of aliphatic hydroxyl groups is 1. The third kappa shape index (κ3) is 51.4. The molecule has 0 aliphatic rings. The summed E-state index contributed by atoms with van der Waals surface area (Å²) in [5.41, 5.74) is 0. The molecule has 88 valence electrons. The van der Waals surface area contributed by atoms with Gasteiger partial charge in [-0.1, -0.05) is 39.0 Å². The number of hydrogen-bond acceptors (Lipinski definition) is 5. The molecular formula is C8H18CaO5S. The SMILES string of the molecule is CCCCCCCCO.O=S(=O)([O-])[O-].[Ca+2]. The van der Waals surface area contributed by atoms with Crippen LogP contribution in [0.5, 0.6) is 0 Å². The second-order valence-electron chi connectivity index (χ2n) is 2.90. The van der Waals surface area contributed by atoms with Gasteiger partial charge in [-0.2, -0.15) is 0 Å². The summed E-state index contributed by atoms with van der Waals surface area (Å²) in [7, 11) is -5.17. The summed E-state index contributed by atoms with van der Waals surface area (Å²) < 4.78 is 34.1. The number of unbranched alkanes of at least 4 members (excludes halogenated alkanes) is 5. The zero-order chi connectivity index (χ0) is 11.4. The number of aliphatic hydroxyl groups excluding tert-OH is 1. The van der Waals surface area contributed by atoms with E-state index in [1.54, 1.807) is 0 Å². The first-order valence-electron chi connectivity index (χ1n) is 4.69. The van der Waals surface area contributed by atoms with Crippen LogP contribution in [0, 0.1) is 0 Å². The summed E-state index contributed by atoms with van der Waals surface area (Å²) in [6.07, 6.45) is 7.50. The minimum atomic E-state index is -5.17. The first kappa shape index (κ1) is 21.4. The van der Waals surface area contributed by atoms with Crippen LogP contribution in [-0.4, -0.2) is 67.0 Å². The third-order valence-electron chi connectivity index (χ3n) is 1.51. The van der Waals surface area contributed by atoms with Crippen molar-refractivity contribution in [1.29, 1.82) is 0 Å². The van der Waals surface area contributed by atoms with Crippen molar-refractivity contribution in [1.82, 2.24) is 0 Å². The van der Waals surface area contributed by atoms with E-state index in [9.17, 15) is 0 Å². The first-order chi connectivity index (χ1) is 6.41. The summed E-state index contributed by atoms with van der Waals surface area (Å²) in [6.45, 7) is 2.58. The van der Waals surface area contributed by atoms with Gasteiger partial charge in [0.05, 0.1) is 0 Å². The molecule has 0 saturated carbocycles. The largest absolute Gasteiger partial charge is 2.00 e. The van der Waals surface area contributed by atoms with Gasteiger partial charge in [-0.05, 0) is 6.42 Å². The van der Waals surface area contributed by atoms with E-state index >= 15 is 0 Å². The van der Waals surface area contributed by atoms with Crippen LogP contribution >= 0.6 is 0 Å². The molecule has 0 spiro atoms. The molecule has 0 fully saturated rings. The minimum absolute atomic E-state index is 0. The molecule has 0 bridgehead atoms. The van der Waals surface area contributed by atoms with Crippen LogP contribution in [-0.2, 0) is 10.4 Å². The molecule has 0 aliphatic carbocycles. The second-order valence-corrected chi connectivity index (χ2v) is 3.72. The maximum Gasteiger partial charge on any atom is 2.00 e. The van der Waals surface area contributed by atoms with Crippen LogP contribution in [0.4, 0.5) is 0 Å². The van der Waals surface area contributed by atoms with Crippen LogP contribution < -0.4 is 0 Å². The fraction of sp³-hybridized carbons (Fsp3) is 1.00. The van der Waals surface area contributed by atoms with E-state index in [-0.39, 0.29) is 37.7 Å². The van der Waals surface area contributed by atoms with E-state index in [2.05, 4.69) is 6.92 Å². The smallest absolute Gasteiger partial charge is 0.759 e. The molecule has 0 unspecified atom stereocenters. The molecule has 0 saturated heterocycles. The minimum Gasteiger partial charge on any atom is -0.759 e. The van der Waals surface area contributed by atoms with E-state index < -0.39 is 10.4 Å². The van der Waals surface area contributed by atoms with Gasteiger partial charge in [0, 0.05) is 17.0 Å². The molecule has 0 aliphatic heterocycles. The molecule has 0 rings (SSSR count). The van der Waals surface area contributed by atoms with Gasteiger partial charge in [-0.3, -0.25) is 8.42 Å². The molecule has 0 aromatic rings. The van der Waals surface area contributed by atoms with Crippen LogP contribution in [0.3, 0.4) is 0 Å². The van der Waals surface area contributed by atoms with Crippen LogP contribution in [0.1, 0.15) is 45.4 Å². The third-order valence-corrected chi connectivity index (χ3v) is 1.51. The molecule has 0 heterocycles. The quantitative estimate of drug-likeness (QED) is 0.329. The predicted octanol–water partition coefficient (Wildman–Crippen LogP) is 0.620. The molecule has 0 aromatic carbocycles. The zero-order valence-corrected chi connectivity index (χ0v) is 12.2. The van der Waals surface area contributed by atoms with Gasteiger partial charge in [0.15, 0.2) is 0 Å². The Morgan fingerprint density at radius 3 is 1.67 bits per heavy atom. The Morgan fingerprint density at radius 1 is 1.00 bits per heavy atom. The monoisotopic (exact) mass is 266 g/mol. The molecule has 5 nitrogen and oxygen atoms in total. The average molecular weight is 266 g/mol. The summed E-state index contributed by atoms with van der Waals surface area (Å²) in [4.78, 5) is 0. The Hall–Kier alpha value is 1.09. The fourth-order valence-corrected chi connectivity index (χ4v) is 0.892. The molecule has 15 heavy (non-hydrogen) atoms. The van der Waals surface area contributed by atoms with Crippen LogP contribution in [0.15, 0.2) is 0 Å². The van der Waals surface area contributed by atoms with Crippen molar-refractivity contribution in [3.8, 4) is 0 Å². The molecule has 0 aromatic heterocycles. The molecule has 1 N–H and O–H groups in total. The summed E-state index contributed by atoms with van der Waals surface area (Å²) in [5, 5.41) is 8.42. The van der Waals surface area contributed by atoms with Crippen molar-refractivity contribution in [2.24, 2.45) is 0 Å². The average Bonchev–Trinajstić information content (AvgIpc) is 2.01. The molecule has 0 atom stereocenters. The van der Waals surface area contributed by atoms with E-state index in [0.717, 1.165) is 6.42 Å². The Kier molecular flexibility index (Phi) is 21.5. The van der Waals surface area contributed by atoms with Gasteiger partial charge in [0.25, 0.3) is 0 Å². The zero-order valence-electron chi connectivity index (χ0n) is 9.15. The van der Waals surface area contributed by atoms with Crippen molar-refractivity contribution < 1.29 is 22.6 Å². The number of rotatable bonds is 6. The molecular weight excluding hydrogens is 248 g/mol. The Bertz CT molecular complexity index is 179. The molecule has 0 amide bonds. The Morgan fingerprint density at radius 2 is 1.33 bits per heavy atom. The van der Waals surface area contributed by atoms with Gasteiger partial charge in [-0.15, -0.1) is 0 Å². The predicted molar refractivity (Wildman–Crippen MR) is 56.7 cm³/mol. The van der Waals surface area contributed by atoms with Gasteiger partial charge >= 0.3 is 37.7 Å². The normalized spacial score (nSPS) is 9.87. The van der Waals surface area contributed by atoms with E-state index in [4.69, 9.17) is 22.6 Å². The van der Waals surface area contributed by atoms with Gasteiger partial charge in [-0.25, -0.2) is 0 Å². The summed E-state index contributed by atoms with van der Waals surface area (Å²) in [5.74, 6) is 0. The van der Waals surface area contributed by atoms with Gasteiger partial charge < -0.3 is 14.2 Å². The van der Waals surface area contributed by atoms with Crippen molar-refractivity contribution in [2.75, 3.05) is 6.61 Å². The Balaban J connectivity index is -0.000000208. The summed E-state index contributed by atoms with van der Waals surface area (Å²) in [6, 6.07) is 0. The van der Waals surface area contributed by atoms with Crippen molar-refractivity contribution >= 4 is 48.1 Å². The topological polar surface area (TPSA) is 100 Å². The standard InChI is InChI=1S/C8H18O.Ca.H2O4S/c1-2-3-4-5-6-7-8-9;;1-5(2,3)4/h9H,2-8H2,1H3;;(H2,1,2,3,4)/q;+2;/p-2. The molecule has 7 heteroatoms. The number of hydrogen-bond donors (Lipinski definition) is 1. The van der Waals surface area contributed by atoms with E-state index in [1.807, 2.05) is 0 Å². The van der Waals surface area contributed by atoms with E-state index in [0.29, 0.717) is 6.61 Å². The Labute approximate surface area is 122 Å². The second kappa shape index (κ2) is 15.1. The van der Waals surface area contributed by atoms with Gasteiger partial charge in [0.2, 0.25) is 0 Å².